The maximum Gasteiger partial charge on any atom is 0.255 e. The van der Waals surface area contributed by atoms with Crippen LogP contribution < -0.4 is 11.5 Å². The van der Waals surface area contributed by atoms with Crippen molar-refractivity contribution in [3.8, 4) is 23.5 Å². The Labute approximate surface area is 183 Å². The lowest BCUT2D eigenvalue weighted by molar-refractivity contribution is 0.0712. The molecule has 1 amide bonds. The molecule has 3 aromatic rings. The largest absolute Gasteiger partial charge is 0.384 e. The van der Waals surface area contributed by atoms with Crippen LogP contribution in [0.15, 0.2) is 60.8 Å². The zero-order valence-corrected chi connectivity index (χ0v) is 17.4. The number of anilines is 1. The van der Waals surface area contributed by atoms with Crippen LogP contribution in [0, 0.1) is 12.3 Å². The van der Waals surface area contributed by atoms with Crippen molar-refractivity contribution < 1.29 is 4.79 Å². The van der Waals surface area contributed by atoms with Crippen molar-refractivity contribution in [2.45, 2.75) is 25.3 Å². The lowest BCUT2D eigenvalue weighted by atomic mass is 9.88. The molecule has 156 valence electrons. The van der Waals surface area contributed by atoms with Gasteiger partial charge in [0.2, 0.25) is 0 Å². The van der Waals surface area contributed by atoms with Crippen LogP contribution in [0.2, 0.25) is 0 Å². The molecule has 0 unspecified atom stereocenters. The minimum atomic E-state index is -0.0210. The van der Waals surface area contributed by atoms with Gasteiger partial charge >= 0.3 is 0 Å². The first kappa shape index (κ1) is 20.6. The third-order valence-electron chi connectivity index (χ3n) is 5.98. The van der Waals surface area contributed by atoms with E-state index in [0.29, 0.717) is 42.5 Å². The number of carbonyl (C=O) groups is 1. The van der Waals surface area contributed by atoms with Crippen LogP contribution in [0.1, 0.15) is 45.8 Å². The number of hydrogen-bond donors (Lipinski definition) is 2. The molecule has 0 radical (unpaired) electrons. The molecule has 0 bridgehead atoms. The number of rotatable bonds is 4. The van der Waals surface area contributed by atoms with Gasteiger partial charge in [-0.1, -0.05) is 42.3 Å². The monoisotopic (exact) mass is 410 g/mol. The van der Waals surface area contributed by atoms with Gasteiger partial charge in [0.25, 0.3) is 5.91 Å². The summed E-state index contributed by atoms with van der Waals surface area (Å²) < 4.78 is 0. The Balaban J connectivity index is 1.53. The molecular formula is C26H26N4O. The van der Waals surface area contributed by atoms with E-state index in [4.69, 9.17) is 17.9 Å². The highest BCUT2D eigenvalue weighted by atomic mass is 16.2. The Morgan fingerprint density at radius 3 is 2.58 bits per heavy atom. The van der Waals surface area contributed by atoms with Gasteiger partial charge in [0.1, 0.15) is 5.82 Å². The minimum absolute atomic E-state index is 0.0210. The average Bonchev–Trinajstić information content (AvgIpc) is 2.83. The highest BCUT2D eigenvalue weighted by molar-refractivity contribution is 5.99. The van der Waals surface area contributed by atoms with Crippen molar-refractivity contribution in [2.24, 2.45) is 5.73 Å². The van der Waals surface area contributed by atoms with E-state index in [1.54, 1.807) is 12.3 Å². The van der Waals surface area contributed by atoms with Crippen LogP contribution in [-0.4, -0.2) is 28.9 Å². The molecule has 1 saturated heterocycles. The number of pyridine rings is 1. The number of nitrogen functional groups attached to an aromatic ring is 1. The predicted octanol–water partition coefficient (Wildman–Crippen LogP) is 3.79. The molecule has 5 nitrogen and oxygen atoms in total. The number of hydrogen-bond acceptors (Lipinski definition) is 4. The summed E-state index contributed by atoms with van der Waals surface area (Å²) in [6, 6.07) is 17.6. The molecule has 1 aromatic heterocycles. The quantitative estimate of drug-likeness (QED) is 0.641. The van der Waals surface area contributed by atoms with Gasteiger partial charge in [-0.3, -0.25) is 4.79 Å². The summed E-state index contributed by atoms with van der Waals surface area (Å²) in [5, 5.41) is 0. The topological polar surface area (TPSA) is 85.2 Å². The summed E-state index contributed by atoms with van der Waals surface area (Å²) in [6.45, 7) is 1.95. The van der Waals surface area contributed by atoms with E-state index in [-0.39, 0.29) is 5.91 Å². The van der Waals surface area contributed by atoms with Crippen molar-refractivity contribution >= 4 is 11.7 Å². The lowest BCUT2D eigenvalue weighted by Crippen LogP contribution is -2.38. The zero-order chi connectivity index (χ0) is 21.8. The summed E-state index contributed by atoms with van der Waals surface area (Å²) in [5.74, 6) is 3.59. The highest BCUT2D eigenvalue weighted by Gasteiger charge is 2.26. The Hall–Kier alpha value is -3.62. The fraction of sp³-hybridized carbons (Fsp3) is 0.231. The molecule has 0 spiro atoms. The Morgan fingerprint density at radius 2 is 1.90 bits per heavy atom. The molecule has 0 aliphatic carbocycles. The molecule has 0 saturated carbocycles. The average molecular weight is 411 g/mol. The van der Waals surface area contributed by atoms with Gasteiger partial charge in [0.15, 0.2) is 0 Å². The van der Waals surface area contributed by atoms with Crippen LogP contribution in [-0.2, 0) is 6.54 Å². The van der Waals surface area contributed by atoms with E-state index in [2.05, 4.69) is 29.1 Å². The summed E-state index contributed by atoms with van der Waals surface area (Å²) in [7, 11) is 0. The molecule has 5 heteroatoms. The van der Waals surface area contributed by atoms with Crippen LogP contribution in [0.3, 0.4) is 0 Å². The van der Waals surface area contributed by atoms with E-state index in [1.165, 1.54) is 5.56 Å². The Bertz CT molecular complexity index is 1120. The normalized spacial score (nSPS) is 14.3. The van der Waals surface area contributed by atoms with E-state index in [1.807, 2.05) is 35.2 Å². The van der Waals surface area contributed by atoms with Gasteiger partial charge in [0, 0.05) is 37.0 Å². The van der Waals surface area contributed by atoms with Gasteiger partial charge in [-0.05, 0) is 53.6 Å². The van der Waals surface area contributed by atoms with Crippen LogP contribution in [0.25, 0.3) is 11.1 Å². The van der Waals surface area contributed by atoms with Crippen molar-refractivity contribution in [3.05, 3.63) is 83.0 Å². The van der Waals surface area contributed by atoms with Gasteiger partial charge in [-0.25, -0.2) is 4.98 Å². The maximum atomic E-state index is 13.3. The molecule has 4 N–H and O–H groups in total. The second-order valence-corrected chi connectivity index (χ2v) is 7.86. The fourth-order valence-electron chi connectivity index (χ4n) is 4.25. The van der Waals surface area contributed by atoms with Crippen molar-refractivity contribution in [1.29, 1.82) is 0 Å². The Kier molecular flexibility index (Phi) is 6.01. The van der Waals surface area contributed by atoms with Gasteiger partial charge in [-0.15, -0.1) is 6.42 Å². The number of likely N-dealkylation sites (tertiary alicyclic amines) is 1. The first-order valence-corrected chi connectivity index (χ1v) is 10.5. The van der Waals surface area contributed by atoms with E-state index < -0.39 is 0 Å². The van der Waals surface area contributed by atoms with E-state index in [9.17, 15) is 4.79 Å². The SMILES string of the molecule is C#Cc1c(C(=O)N2CCC(c3cccc(CN)c3)CC2)cccc1-c1ccc(N)nc1. The van der Waals surface area contributed by atoms with E-state index in [0.717, 1.165) is 29.5 Å². The summed E-state index contributed by atoms with van der Waals surface area (Å²) in [6.07, 6.45) is 9.36. The zero-order valence-electron chi connectivity index (χ0n) is 17.4. The minimum Gasteiger partial charge on any atom is -0.384 e. The van der Waals surface area contributed by atoms with Crippen molar-refractivity contribution in [2.75, 3.05) is 18.8 Å². The molecular weight excluding hydrogens is 384 g/mol. The highest BCUT2D eigenvalue weighted by Crippen LogP contribution is 2.31. The lowest BCUT2D eigenvalue weighted by Gasteiger charge is -2.33. The predicted molar refractivity (Wildman–Crippen MR) is 124 cm³/mol. The second kappa shape index (κ2) is 9.03. The van der Waals surface area contributed by atoms with Crippen molar-refractivity contribution in [1.82, 2.24) is 9.88 Å². The second-order valence-electron chi connectivity index (χ2n) is 7.86. The first-order valence-electron chi connectivity index (χ1n) is 10.5. The number of carbonyl (C=O) groups excluding carboxylic acids is 1. The first-order chi connectivity index (χ1) is 15.1. The molecule has 1 aliphatic heterocycles. The van der Waals surface area contributed by atoms with Gasteiger partial charge < -0.3 is 16.4 Å². The standard InChI is InChI=1S/C26H26N4O/c1-2-22-23(21-9-10-25(28)29-17-21)7-4-8-24(22)26(31)30-13-11-19(12-14-30)20-6-3-5-18(15-20)16-27/h1,3-10,15,17,19H,11-14,16,27H2,(H2,28,29). The molecule has 1 fully saturated rings. The summed E-state index contributed by atoms with van der Waals surface area (Å²) in [5.41, 5.74) is 16.7. The molecule has 0 atom stereocenters. The molecule has 2 heterocycles. The van der Waals surface area contributed by atoms with Crippen molar-refractivity contribution in [3.63, 3.8) is 0 Å². The molecule has 31 heavy (non-hydrogen) atoms. The number of aromatic nitrogens is 1. The summed E-state index contributed by atoms with van der Waals surface area (Å²) >= 11 is 0. The van der Waals surface area contributed by atoms with Gasteiger partial charge in [0.05, 0.1) is 5.56 Å². The fourth-order valence-corrected chi connectivity index (χ4v) is 4.25. The molecule has 2 aromatic carbocycles. The van der Waals surface area contributed by atoms with Gasteiger partial charge in [-0.2, -0.15) is 0 Å². The van der Waals surface area contributed by atoms with Crippen LogP contribution in [0.4, 0.5) is 5.82 Å². The number of amides is 1. The Morgan fingerprint density at radius 1 is 1.13 bits per heavy atom. The molecule has 1 aliphatic rings. The maximum absolute atomic E-state index is 13.3. The van der Waals surface area contributed by atoms with Crippen LogP contribution in [0.5, 0.6) is 0 Å². The number of benzene rings is 2. The van der Waals surface area contributed by atoms with E-state index >= 15 is 0 Å². The number of nitrogens with zero attached hydrogens (tertiary/aromatic N) is 2. The number of terminal acetylenes is 1. The summed E-state index contributed by atoms with van der Waals surface area (Å²) in [4.78, 5) is 19.4. The number of piperidine rings is 1. The molecule has 4 rings (SSSR count). The number of nitrogens with two attached hydrogens (primary N) is 2. The smallest absolute Gasteiger partial charge is 0.255 e. The third kappa shape index (κ3) is 4.30. The third-order valence-corrected chi connectivity index (χ3v) is 5.98. The van der Waals surface area contributed by atoms with Crippen LogP contribution >= 0.6 is 0 Å².